The van der Waals surface area contributed by atoms with E-state index >= 15 is 0 Å². The summed E-state index contributed by atoms with van der Waals surface area (Å²) in [5.41, 5.74) is 1.13. The third-order valence-corrected chi connectivity index (χ3v) is 1.67. The van der Waals surface area contributed by atoms with Crippen molar-refractivity contribution in [3.8, 4) is 0 Å². The van der Waals surface area contributed by atoms with E-state index in [1.54, 1.807) is 12.1 Å². The van der Waals surface area contributed by atoms with E-state index in [1.165, 1.54) is 12.1 Å². The Labute approximate surface area is 72.6 Å². The molecule has 0 aliphatic heterocycles. The summed E-state index contributed by atoms with van der Waals surface area (Å²) in [6, 6.07) is 6.59. The van der Waals surface area contributed by atoms with Crippen LogP contribution in [0.5, 0.6) is 0 Å². The van der Waals surface area contributed by atoms with Crippen LogP contribution in [0.15, 0.2) is 24.3 Å². The van der Waals surface area contributed by atoms with Gasteiger partial charge in [0.2, 0.25) is 0 Å². The van der Waals surface area contributed by atoms with Crippen LogP contribution >= 0.6 is 0 Å². The zero-order chi connectivity index (χ0) is 8.81. The first-order valence-electron chi connectivity index (χ1n) is 4.28. The average Bonchev–Trinajstić information content (AvgIpc) is 2.09. The van der Waals surface area contributed by atoms with Gasteiger partial charge >= 0.3 is 0 Å². The number of hydrogen-bond acceptors (Lipinski definition) is 1. The first-order chi connectivity index (χ1) is 5.83. The third-order valence-electron chi connectivity index (χ3n) is 1.67. The molecule has 0 saturated carbocycles. The molecule has 0 amide bonds. The molecule has 0 fully saturated rings. The molecule has 2 heteroatoms. The maximum absolute atomic E-state index is 12.5. The molecule has 1 aromatic carbocycles. The molecular formula is C10H14FN. The lowest BCUT2D eigenvalue weighted by atomic mass is 10.2. The topological polar surface area (TPSA) is 12.0 Å². The Bertz CT molecular complexity index is 218. The maximum atomic E-state index is 12.5. The molecule has 66 valence electrons. The lowest BCUT2D eigenvalue weighted by Gasteiger charge is -2.02. The highest BCUT2D eigenvalue weighted by Gasteiger charge is 1.91. The molecule has 0 unspecified atom stereocenters. The fourth-order valence-corrected chi connectivity index (χ4v) is 1.01. The molecule has 0 spiro atoms. The van der Waals surface area contributed by atoms with Crippen LogP contribution < -0.4 is 5.32 Å². The number of halogens is 1. The van der Waals surface area contributed by atoms with Crippen molar-refractivity contribution in [1.82, 2.24) is 5.32 Å². The zero-order valence-electron chi connectivity index (χ0n) is 7.31. The van der Waals surface area contributed by atoms with Gasteiger partial charge in [0.1, 0.15) is 5.82 Å². The van der Waals surface area contributed by atoms with E-state index in [1.807, 2.05) is 0 Å². The second-order valence-electron chi connectivity index (χ2n) is 2.80. The molecule has 0 aliphatic carbocycles. The molecule has 0 heterocycles. The molecule has 0 aliphatic rings. The van der Waals surface area contributed by atoms with E-state index < -0.39 is 0 Å². The summed E-state index contributed by atoms with van der Waals surface area (Å²) in [4.78, 5) is 0. The second kappa shape index (κ2) is 4.88. The SMILES string of the molecule is CCCNCc1ccc(F)cc1. The highest BCUT2D eigenvalue weighted by molar-refractivity contribution is 5.15. The van der Waals surface area contributed by atoms with Crippen LogP contribution in [-0.2, 0) is 6.54 Å². The average molecular weight is 167 g/mol. The smallest absolute Gasteiger partial charge is 0.123 e. The predicted octanol–water partition coefficient (Wildman–Crippen LogP) is 2.33. The lowest BCUT2D eigenvalue weighted by Crippen LogP contribution is -2.13. The van der Waals surface area contributed by atoms with Gasteiger partial charge in [-0.2, -0.15) is 0 Å². The Balaban J connectivity index is 2.37. The Morgan fingerprint density at radius 1 is 1.25 bits per heavy atom. The standard InChI is InChI=1S/C10H14FN/c1-2-7-12-8-9-3-5-10(11)6-4-9/h3-6,12H,2,7-8H2,1H3. The third kappa shape index (κ3) is 3.01. The van der Waals surface area contributed by atoms with E-state index in [2.05, 4.69) is 12.2 Å². The number of hydrogen-bond donors (Lipinski definition) is 1. The van der Waals surface area contributed by atoms with Crippen LogP contribution in [-0.4, -0.2) is 6.54 Å². The van der Waals surface area contributed by atoms with E-state index in [9.17, 15) is 4.39 Å². The van der Waals surface area contributed by atoms with Gasteiger partial charge in [0.15, 0.2) is 0 Å². The summed E-state index contributed by atoms with van der Waals surface area (Å²) in [6.07, 6.45) is 1.13. The van der Waals surface area contributed by atoms with E-state index in [-0.39, 0.29) is 5.82 Å². The molecule has 0 atom stereocenters. The Morgan fingerprint density at radius 2 is 1.92 bits per heavy atom. The van der Waals surface area contributed by atoms with Gasteiger partial charge < -0.3 is 5.32 Å². The van der Waals surface area contributed by atoms with Crippen LogP contribution in [0, 0.1) is 5.82 Å². The van der Waals surface area contributed by atoms with Crippen LogP contribution in [0.25, 0.3) is 0 Å². The molecule has 0 radical (unpaired) electrons. The Kier molecular flexibility index (Phi) is 3.74. The molecule has 1 N–H and O–H groups in total. The van der Waals surface area contributed by atoms with Crippen molar-refractivity contribution in [2.45, 2.75) is 19.9 Å². The van der Waals surface area contributed by atoms with Gasteiger partial charge in [-0.05, 0) is 30.7 Å². The summed E-state index contributed by atoms with van der Waals surface area (Å²) < 4.78 is 12.5. The maximum Gasteiger partial charge on any atom is 0.123 e. The quantitative estimate of drug-likeness (QED) is 0.678. The van der Waals surface area contributed by atoms with Gasteiger partial charge in [0.25, 0.3) is 0 Å². The molecule has 1 aromatic rings. The molecule has 0 aromatic heterocycles. The second-order valence-corrected chi connectivity index (χ2v) is 2.80. The number of rotatable bonds is 4. The van der Waals surface area contributed by atoms with E-state index in [0.717, 1.165) is 25.1 Å². The van der Waals surface area contributed by atoms with Gasteiger partial charge in [-0.25, -0.2) is 4.39 Å². The van der Waals surface area contributed by atoms with E-state index in [4.69, 9.17) is 0 Å². The zero-order valence-corrected chi connectivity index (χ0v) is 7.31. The molecule has 0 saturated heterocycles. The molecule has 1 nitrogen and oxygen atoms in total. The fraction of sp³-hybridized carbons (Fsp3) is 0.400. The minimum atomic E-state index is -0.172. The molecule has 0 bridgehead atoms. The fourth-order valence-electron chi connectivity index (χ4n) is 1.01. The minimum absolute atomic E-state index is 0.172. The van der Waals surface area contributed by atoms with Crippen molar-refractivity contribution < 1.29 is 4.39 Å². The Morgan fingerprint density at radius 3 is 2.50 bits per heavy atom. The van der Waals surface area contributed by atoms with Crippen molar-refractivity contribution in [3.63, 3.8) is 0 Å². The molecular weight excluding hydrogens is 153 g/mol. The first kappa shape index (κ1) is 9.20. The normalized spacial score (nSPS) is 10.2. The van der Waals surface area contributed by atoms with Gasteiger partial charge in [-0.3, -0.25) is 0 Å². The van der Waals surface area contributed by atoms with Gasteiger partial charge in [-0.1, -0.05) is 19.1 Å². The van der Waals surface area contributed by atoms with Crippen molar-refractivity contribution in [2.75, 3.05) is 6.54 Å². The van der Waals surface area contributed by atoms with Gasteiger partial charge in [0, 0.05) is 6.54 Å². The number of benzene rings is 1. The van der Waals surface area contributed by atoms with Crippen LogP contribution in [0.3, 0.4) is 0 Å². The van der Waals surface area contributed by atoms with Gasteiger partial charge in [-0.15, -0.1) is 0 Å². The molecule has 12 heavy (non-hydrogen) atoms. The summed E-state index contributed by atoms with van der Waals surface area (Å²) in [5.74, 6) is -0.172. The highest BCUT2D eigenvalue weighted by Crippen LogP contribution is 2.01. The molecule has 1 rings (SSSR count). The predicted molar refractivity (Wildman–Crippen MR) is 48.4 cm³/mol. The van der Waals surface area contributed by atoms with E-state index in [0.29, 0.717) is 0 Å². The summed E-state index contributed by atoms with van der Waals surface area (Å²) in [7, 11) is 0. The highest BCUT2D eigenvalue weighted by atomic mass is 19.1. The monoisotopic (exact) mass is 167 g/mol. The minimum Gasteiger partial charge on any atom is -0.313 e. The summed E-state index contributed by atoms with van der Waals surface area (Å²) in [6.45, 7) is 3.96. The van der Waals surface area contributed by atoms with Gasteiger partial charge in [0.05, 0.1) is 0 Å². The van der Waals surface area contributed by atoms with Crippen molar-refractivity contribution in [1.29, 1.82) is 0 Å². The van der Waals surface area contributed by atoms with Crippen LogP contribution in [0.1, 0.15) is 18.9 Å². The van der Waals surface area contributed by atoms with Crippen molar-refractivity contribution in [2.24, 2.45) is 0 Å². The Hall–Kier alpha value is -0.890. The van der Waals surface area contributed by atoms with Crippen molar-refractivity contribution >= 4 is 0 Å². The number of nitrogens with one attached hydrogen (secondary N) is 1. The van der Waals surface area contributed by atoms with Crippen LogP contribution in [0.2, 0.25) is 0 Å². The van der Waals surface area contributed by atoms with Crippen molar-refractivity contribution in [3.05, 3.63) is 35.6 Å². The summed E-state index contributed by atoms with van der Waals surface area (Å²) in [5, 5.41) is 3.25. The first-order valence-corrected chi connectivity index (χ1v) is 4.28. The lowest BCUT2D eigenvalue weighted by molar-refractivity contribution is 0.624. The largest absolute Gasteiger partial charge is 0.313 e. The summed E-state index contributed by atoms with van der Waals surface area (Å²) >= 11 is 0. The van der Waals surface area contributed by atoms with Crippen LogP contribution in [0.4, 0.5) is 4.39 Å².